The average molecular weight is 296 g/mol. The van der Waals surface area contributed by atoms with Gasteiger partial charge in [-0.2, -0.15) is 0 Å². The Labute approximate surface area is 132 Å². The van der Waals surface area contributed by atoms with Gasteiger partial charge < -0.3 is 20.4 Å². The van der Waals surface area contributed by atoms with Gasteiger partial charge in [0.05, 0.1) is 40.1 Å². The van der Waals surface area contributed by atoms with Gasteiger partial charge in [-0.15, -0.1) is 6.58 Å². The molecule has 0 aromatic heterocycles. The first-order valence-corrected chi connectivity index (χ1v) is 7.51. The van der Waals surface area contributed by atoms with Crippen molar-refractivity contribution in [3.05, 3.63) is 12.7 Å². The number of rotatable bonds is 0. The summed E-state index contributed by atoms with van der Waals surface area (Å²) >= 11 is 0. The Morgan fingerprint density at radius 2 is 0.905 bits per heavy atom. The van der Waals surface area contributed by atoms with E-state index < -0.39 is 36.1 Å². The molecule has 0 spiro atoms. The zero-order valence-electron chi connectivity index (χ0n) is 13.8. The lowest BCUT2D eigenvalue weighted by Gasteiger charge is -2.43. The topological polar surface area (TPSA) is 80.9 Å². The third-order valence-electron chi connectivity index (χ3n) is 3.73. The van der Waals surface area contributed by atoms with Crippen LogP contribution < -0.4 is 0 Å². The van der Waals surface area contributed by atoms with Crippen LogP contribution in [0.15, 0.2) is 12.7 Å². The quantitative estimate of drug-likeness (QED) is 0.394. The summed E-state index contributed by atoms with van der Waals surface area (Å²) in [7, 11) is 10.5. The standard InChI is InChI=1S/2C5H9BO2.C3H6.C2H6/c2*1-2-4(7)3(6)5(2)8;1-3-2;1-2/h2*2-5,7-8H,1H3;3H,1H2,2H3;1-2H3. The molecule has 0 amide bonds. The van der Waals surface area contributed by atoms with Gasteiger partial charge in [0.15, 0.2) is 0 Å². The van der Waals surface area contributed by atoms with Gasteiger partial charge in [-0.25, -0.2) is 0 Å². The van der Waals surface area contributed by atoms with E-state index in [4.69, 9.17) is 36.1 Å². The highest BCUT2D eigenvalue weighted by molar-refractivity contribution is 6.13. The van der Waals surface area contributed by atoms with Gasteiger partial charge in [0.2, 0.25) is 0 Å². The molecule has 0 aromatic carbocycles. The molecule has 0 aliphatic heterocycles. The predicted octanol–water partition coefficient (Wildman–Crippen LogP) is 0.848. The molecular formula is C15H30B2O4. The lowest BCUT2D eigenvalue weighted by atomic mass is 9.60. The van der Waals surface area contributed by atoms with Crippen LogP contribution in [0.4, 0.5) is 0 Å². The molecule has 6 heteroatoms. The Balaban J connectivity index is 0. The van der Waals surface area contributed by atoms with E-state index >= 15 is 0 Å². The molecule has 4 unspecified atom stereocenters. The zero-order valence-corrected chi connectivity index (χ0v) is 13.8. The molecule has 2 fully saturated rings. The van der Waals surface area contributed by atoms with E-state index in [-0.39, 0.29) is 11.8 Å². The van der Waals surface area contributed by atoms with Crippen molar-refractivity contribution in [2.24, 2.45) is 11.8 Å². The fourth-order valence-electron chi connectivity index (χ4n) is 1.92. The number of hydrogen-bond acceptors (Lipinski definition) is 4. The highest BCUT2D eigenvalue weighted by Gasteiger charge is 2.42. The summed E-state index contributed by atoms with van der Waals surface area (Å²) in [4.78, 5) is 0. The summed E-state index contributed by atoms with van der Waals surface area (Å²) in [6, 6.07) is 0. The van der Waals surface area contributed by atoms with Crippen LogP contribution in [0.3, 0.4) is 0 Å². The van der Waals surface area contributed by atoms with Crippen molar-refractivity contribution in [1.29, 1.82) is 0 Å². The maximum absolute atomic E-state index is 8.87. The van der Waals surface area contributed by atoms with Gasteiger partial charge in [-0.05, 0) is 18.6 Å². The smallest absolute Gasteiger partial charge is 0.0770 e. The Bertz CT molecular complexity index is 190. The molecular weight excluding hydrogens is 266 g/mol. The van der Waals surface area contributed by atoms with Gasteiger partial charge in [-0.3, -0.25) is 0 Å². The van der Waals surface area contributed by atoms with Crippen molar-refractivity contribution < 1.29 is 20.4 Å². The number of allylic oxidation sites excluding steroid dienone is 1. The largest absolute Gasteiger partial charge is 0.393 e. The molecule has 0 aromatic rings. The predicted molar refractivity (Wildman–Crippen MR) is 88.6 cm³/mol. The molecule has 2 aliphatic carbocycles. The normalized spacial score (nSPS) is 43.1. The molecule has 21 heavy (non-hydrogen) atoms. The SMILES string of the molecule is C=CC.CC.[B]C1C(O)C(C)C1O.[B]C1C(O)C(C)C1O. The van der Waals surface area contributed by atoms with Crippen molar-refractivity contribution in [3.8, 4) is 0 Å². The van der Waals surface area contributed by atoms with Crippen LogP contribution >= 0.6 is 0 Å². The number of aliphatic hydroxyl groups excluding tert-OH is 4. The van der Waals surface area contributed by atoms with Crippen LogP contribution in [0.5, 0.6) is 0 Å². The Hall–Kier alpha value is -0.290. The van der Waals surface area contributed by atoms with Crippen molar-refractivity contribution in [2.75, 3.05) is 0 Å². The molecule has 4 atom stereocenters. The van der Waals surface area contributed by atoms with Crippen LogP contribution in [0.25, 0.3) is 0 Å². The fraction of sp³-hybridized carbons (Fsp3) is 0.867. The summed E-state index contributed by atoms with van der Waals surface area (Å²) < 4.78 is 0. The number of hydrogen-bond donors (Lipinski definition) is 4. The van der Waals surface area contributed by atoms with Crippen LogP contribution in [-0.4, -0.2) is 60.5 Å². The second kappa shape index (κ2) is 11.3. The molecule has 120 valence electrons. The Kier molecular flexibility index (Phi) is 12.4. The molecule has 2 rings (SSSR count). The van der Waals surface area contributed by atoms with E-state index in [0.717, 1.165) is 0 Å². The lowest BCUT2D eigenvalue weighted by molar-refractivity contribution is -0.0806. The second-order valence-electron chi connectivity index (χ2n) is 5.24. The molecule has 0 heterocycles. The maximum Gasteiger partial charge on any atom is 0.0770 e. The van der Waals surface area contributed by atoms with Crippen LogP contribution in [0, 0.1) is 11.8 Å². The number of aliphatic hydroxyl groups is 4. The monoisotopic (exact) mass is 296 g/mol. The van der Waals surface area contributed by atoms with E-state index in [1.807, 2.05) is 20.8 Å². The molecule has 2 aliphatic rings. The lowest BCUT2D eigenvalue weighted by Crippen LogP contribution is -2.49. The second-order valence-corrected chi connectivity index (χ2v) is 5.24. The third kappa shape index (κ3) is 6.15. The summed E-state index contributed by atoms with van der Waals surface area (Å²) in [5.74, 6) is -0.898. The molecule has 0 saturated heterocycles. The van der Waals surface area contributed by atoms with Gasteiger partial charge in [-0.1, -0.05) is 33.8 Å². The van der Waals surface area contributed by atoms with Crippen LogP contribution in [-0.2, 0) is 0 Å². The molecule has 0 bridgehead atoms. The molecule has 2 saturated carbocycles. The molecule has 4 N–H and O–H groups in total. The van der Waals surface area contributed by atoms with E-state index in [1.54, 1.807) is 19.9 Å². The van der Waals surface area contributed by atoms with Crippen molar-refractivity contribution in [1.82, 2.24) is 0 Å². The highest BCUT2D eigenvalue weighted by atomic mass is 16.3. The Morgan fingerprint density at radius 3 is 0.952 bits per heavy atom. The van der Waals surface area contributed by atoms with Crippen molar-refractivity contribution in [2.45, 2.75) is 70.7 Å². The first-order valence-electron chi connectivity index (χ1n) is 7.51. The fourth-order valence-corrected chi connectivity index (χ4v) is 1.92. The van der Waals surface area contributed by atoms with Gasteiger partial charge in [0.1, 0.15) is 0 Å². The summed E-state index contributed by atoms with van der Waals surface area (Å²) in [5.41, 5.74) is 0. The van der Waals surface area contributed by atoms with Gasteiger partial charge >= 0.3 is 0 Å². The Morgan fingerprint density at radius 1 is 0.762 bits per heavy atom. The summed E-state index contributed by atoms with van der Waals surface area (Å²) in [6.45, 7) is 12.8. The minimum Gasteiger partial charge on any atom is -0.393 e. The average Bonchev–Trinajstić information content (AvgIpc) is 2.54. The first-order chi connectivity index (χ1) is 9.70. The van der Waals surface area contributed by atoms with E-state index in [2.05, 4.69) is 6.58 Å². The van der Waals surface area contributed by atoms with E-state index in [1.165, 1.54) is 0 Å². The minimum absolute atomic E-state index is 0.0370. The van der Waals surface area contributed by atoms with E-state index in [9.17, 15) is 0 Å². The van der Waals surface area contributed by atoms with Gasteiger partial charge in [0, 0.05) is 11.8 Å². The minimum atomic E-state index is -0.495. The van der Waals surface area contributed by atoms with Crippen LogP contribution in [0.2, 0.25) is 11.6 Å². The van der Waals surface area contributed by atoms with Crippen LogP contribution in [0.1, 0.15) is 34.6 Å². The third-order valence-corrected chi connectivity index (χ3v) is 3.73. The van der Waals surface area contributed by atoms with Crippen molar-refractivity contribution >= 4 is 15.7 Å². The first kappa shape index (κ1) is 23.0. The molecule has 4 radical (unpaired) electrons. The van der Waals surface area contributed by atoms with Crippen molar-refractivity contribution in [3.63, 3.8) is 0 Å². The maximum atomic E-state index is 8.87. The summed E-state index contributed by atoms with van der Waals surface area (Å²) in [6.07, 6.45) is -0.231. The molecule has 4 nitrogen and oxygen atoms in total. The van der Waals surface area contributed by atoms with Gasteiger partial charge in [0.25, 0.3) is 0 Å². The highest BCUT2D eigenvalue weighted by Crippen LogP contribution is 2.36. The zero-order chi connectivity index (χ0) is 17.3. The van der Waals surface area contributed by atoms with E-state index in [0.29, 0.717) is 0 Å². The summed E-state index contributed by atoms with van der Waals surface area (Å²) in [5, 5.41) is 35.5.